The zero-order chi connectivity index (χ0) is 16.2. The Labute approximate surface area is 126 Å². The highest BCUT2D eigenvalue weighted by Crippen LogP contribution is 2.12. The van der Waals surface area contributed by atoms with Gasteiger partial charge in [0.25, 0.3) is 0 Å². The van der Waals surface area contributed by atoms with Crippen LogP contribution in [0.2, 0.25) is 0 Å². The number of benzene rings is 1. The van der Waals surface area contributed by atoms with Crippen LogP contribution in [-0.4, -0.2) is 47.2 Å². The molecule has 0 unspecified atom stereocenters. The first-order chi connectivity index (χ1) is 10.4. The van der Waals surface area contributed by atoms with E-state index in [2.05, 4.69) is 14.7 Å². The lowest BCUT2D eigenvalue weighted by atomic mass is 10.2. The van der Waals surface area contributed by atoms with Crippen molar-refractivity contribution in [3.63, 3.8) is 0 Å². The van der Waals surface area contributed by atoms with Crippen molar-refractivity contribution in [2.24, 2.45) is 0 Å². The molecule has 1 aromatic heterocycles. The quantitative estimate of drug-likeness (QED) is 0.566. The third-order valence-corrected chi connectivity index (χ3v) is 4.51. The molecule has 22 heavy (non-hydrogen) atoms. The lowest BCUT2D eigenvalue weighted by Gasteiger charge is -2.15. The molecule has 1 heterocycles. The van der Waals surface area contributed by atoms with Gasteiger partial charge in [0.2, 0.25) is 10.0 Å². The monoisotopic (exact) mass is 325 g/mol. The molecule has 0 aliphatic carbocycles. The Bertz CT molecular complexity index is 726. The highest BCUT2D eigenvalue weighted by atomic mass is 32.2. The number of hydrogen-bond donors (Lipinski definition) is 4. The molecule has 0 saturated heterocycles. The van der Waals surface area contributed by atoms with Crippen molar-refractivity contribution in [3.05, 3.63) is 48.0 Å². The molecule has 0 bridgehead atoms. The van der Waals surface area contributed by atoms with Crippen molar-refractivity contribution < 1.29 is 23.4 Å². The van der Waals surface area contributed by atoms with E-state index in [4.69, 9.17) is 5.11 Å². The fourth-order valence-corrected chi connectivity index (χ4v) is 3.10. The first-order valence-electron chi connectivity index (χ1n) is 6.36. The van der Waals surface area contributed by atoms with Crippen molar-refractivity contribution in [1.29, 1.82) is 0 Å². The van der Waals surface area contributed by atoms with Gasteiger partial charge in [-0.2, -0.15) is 0 Å². The Morgan fingerprint density at radius 1 is 1.32 bits per heavy atom. The largest absolute Gasteiger partial charge is 0.478 e. The van der Waals surface area contributed by atoms with Gasteiger partial charge in [0.15, 0.2) is 0 Å². The standard InChI is InChI=1S/C13H15N3O5S/c17-7-11(5-10-6-14-8-15-10)16-22(20,21)12-3-1-9(2-4-12)13(18)19/h1-4,6,8,11,16-17H,5,7H2,(H,14,15)(H,18,19)/t11-/m0/s1. The summed E-state index contributed by atoms with van der Waals surface area (Å²) >= 11 is 0. The van der Waals surface area contributed by atoms with Crippen LogP contribution < -0.4 is 4.72 Å². The molecule has 118 valence electrons. The summed E-state index contributed by atoms with van der Waals surface area (Å²) in [5.74, 6) is -1.13. The van der Waals surface area contributed by atoms with E-state index in [9.17, 15) is 18.3 Å². The van der Waals surface area contributed by atoms with Crippen LogP contribution >= 0.6 is 0 Å². The average Bonchev–Trinajstić information content (AvgIpc) is 2.99. The van der Waals surface area contributed by atoms with Gasteiger partial charge in [0.1, 0.15) is 0 Å². The minimum absolute atomic E-state index is 0.00452. The number of H-pyrrole nitrogens is 1. The predicted molar refractivity (Wildman–Crippen MR) is 76.9 cm³/mol. The summed E-state index contributed by atoms with van der Waals surface area (Å²) < 4.78 is 26.8. The lowest BCUT2D eigenvalue weighted by molar-refractivity contribution is 0.0696. The van der Waals surface area contributed by atoms with E-state index in [0.29, 0.717) is 5.69 Å². The molecule has 0 aliphatic rings. The number of imidazole rings is 1. The number of aliphatic hydroxyl groups excluding tert-OH is 1. The number of hydrogen-bond acceptors (Lipinski definition) is 5. The molecule has 1 aromatic carbocycles. The number of nitrogens with one attached hydrogen (secondary N) is 2. The molecule has 0 fully saturated rings. The number of carbonyl (C=O) groups is 1. The predicted octanol–water partition coefficient (Wildman–Crippen LogP) is -0.0102. The summed E-state index contributed by atoms with van der Waals surface area (Å²) in [6.45, 7) is -0.383. The highest BCUT2D eigenvalue weighted by molar-refractivity contribution is 7.89. The number of carboxylic acids is 1. The number of carboxylic acid groups (broad SMARTS) is 1. The van der Waals surface area contributed by atoms with Crippen molar-refractivity contribution in [3.8, 4) is 0 Å². The molecule has 0 amide bonds. The number of sulfonamides is 1. The summed E-state index contributed by atoms with van der Waals surface area (Å²) in [5, 5.41) is 18.1. The molecule has 1 atom stereocenters. The molecule has 2 aromatic rings. The minimum Gasteiger partial charge on any atom is -0.478 e. The van der Waals surface area contributed by atoms with E-state index in [1.54, 1.807) is 6.20 Å². The third-order valence-electron chi connectivity index (χ3n) is 2.97. The molecular formula is C13H15N3O5S. The zero-order valence-electron chi connectivity index (χ0n) is 11.4. The van der Waals surface area contributed by atoms with Crippen molar-refractivity contribution in [2.75, 3.05) is 6.61 Å². The first-order valence-corrected chi connectivity index (χ1v) is 7.84. The van der Waals surface area contributed by atoms with Gasteiger partial charge in [0.05, 0.1) is 29.4 Å². The van der Waals surface area contributed by atoms with Crippen LogP contribution in [0.25, 0.3) is 0 Å². The zero-order valence-corrected chi connectivity index (χ0v) is 12.2. The van der Waals surface area contributed by atoms with Crippen LogP contribution in [-0.2, 0) is 16.4 Å². The van der Waals surface area contributed by atoms with Crippen LogP contribution in [0.5, 0.6) is 0 Å². The molecule has 9 heteroatoms. The van der Waals surface area contributed by atoms with Gasteiger partial charge in [-0.25, -0.2) is 22.9 Å². The molecule has 0 aliphatic heterocycles. The van der Waals surface area contributed by atoms with E-state index in [1.165, 1.54) is 30.6 Å². The topological polar surface area (TPSA) is 132 Å². The normalized spacial score (nSPS) is 13.0. The number of rotatable bonds is 7. The van der Waals surface area contributed by atoms with E-state index in [-0.39, 0.29) is 23.5 Å². The van der Waals surface area contributed by atoms with Crippen LogP contribution in [0.4, 0.5) is 0 Å². The fraction of sp³-hybridized carbons (Fsp3) is 0.231. The molecular weight excluding hydrogens is 310 g/mol. The SMILES string of the molecule is O=C(O)c1ccc(S(=O)(=O)N[C@H](CO)Cc2cnc[nH]2)cc1. The number of aromatic amines is 1. The summed E-state index contributed by atoms with van der Waals surface area (Å²) in [5.41, 5.74) is 0.679. The van der Waals surface area contributed by atoms with Crippen LogP contribution in [0.1, 0.15) is 16.1 Å². The summed E-state index contributed by atoms with van der Waals surface area (Å²) in [4.78, 5) is 17.3. The Hall–Kier alpha value is -2.23. The molecule has 0 spiro atoms. The van der Waals surface area contributed by atoms with E-state index in [1.807, 2.05) is 0 Å². The van der Waals surface area contributed by atoms with Gasteiger partial charge in [-0.05, 0) is 24.3 Å². The Balaban J connectivity index is 2.13. The van der Waals surface area contributed by atoms with Gasteiger partial charge in [-0.15, -0.1) is 0 Å². The van der Waals surface area contributed by atoms with Crippen LogP contribution in [0.15, 0.2) is 41.7 Å². The number of aliphatic hydroxyl groups is 1. The summed E-state index contributed by atoms with van der Waals surface area (Å²) in [6, 6.07) is 4.11. The van der Waals surface area contributed by atoms with Gasteiger partial charge in [-0.3, -0.25) is 0 Å². The van der Waals surface area contributed by atoms with E-state index in [0.717, 1.165) is 0 Å². The summed E-state index contributed by atoms with van der Waals surface area (Å²) in [6.07, 6.45) is 3.25. The summed E-state index contributed by atoms with van der Waals surface area (Å²) in [7, 11) is -3.85. The van der Waals surface area contributed by atoms with Gasteiger partial charge in [-0.1, -0.05) is 0 Å². The third kappa shape index (κ3) is 3.91. The highest BCUT2D eigenvalue weighted by Gasteiger charge is 2.20. The molecule has 2 rings (SSSR count). The van der Waals surface area contributed by atoms with Crippen molar-refractivity contribution >= 4 is 16.0 Å². The maximum atomic E-state index is 12.2. The van der Waals surface area contributed by atoms with E-state index >= 15 is 0 Å². The maximum absolute atomic E-state index is 12.2. The number of nitrogens with zero attached hydrogens (tertiary/aromatic N) is 1. The second-order valence-corrected chi connectivity index (χ2v) is 6.33. The van der Waals surface area contributed by atoms with Crippen molar-refractivity contribution in [1.82, 2.24) is 14.7 Å². The molecule has 8 nitrogen and oxygen atoms in total. The second kappa shape index (κ2) is 6.69. The van der Waals surface area contributed by atoms with Crippen LogP contribution in [0, 0.1) is 0 Å². The number of aromatic nitrogens is 2. The smallest absolute Gasteiger partial charge is 0.335 e. The first kappa shape index (κ1) is 16.1. The van der Waals surface area contributed by atoms with Crippen molar-refractivity contribution in [2.45, 2.75) is 17.4 Å². The minimum atomic E-state index is -3.85. The molecule has 0 radical (unpaired) electrons. The lowest BCUT2D eigenvalue weighted by Crippen LogP contribution is -2.39. The van der Waals surface area contributed by atoms with Crippen LogP contribution in [0.3, 0.4) is 0 Å². The average molecular weight is 325 g/mol. The Morgan fingerprint density at radius 2 is 2.00 bits per heavy atom. The molecule has 0 saturated carbocycles. The maximum Gasteiger partial charge on any atom is 0.335 e. The Morgan fingerprint density at radius 3 is 2.50 bits per heavy atom. The second-order valence-electron chi connectivity index (χ2n) is 4.61. The van der Waals surface area contributed by atoms with E-state index < -0.39 is 22.0 Å². The fourth-order valence-electron chi connectivity index (χ4n) is 1.87. The number of aromatic carboxylic acids is 1. The van der Waals surface area contributed by atoms with Gasteiger partial charge < -0.3 is 15.2 Å². The molecule has 4 N–H and O–H groups in total. The Kier molecular flexibility index (Phi) is 4.91. The van der Waals surface area contributed by atoms with Gasteiger partial charge >= 0.3 is 5.97 Å². The van der Waals surface area contributed by atoms with Gasteiger partial charge in [0, 0.05) is 18.3 Å².